The molecule has 0 atom stereocenters. The molecule has 0 aliphatic carbocycles. The van der Waals surface area contributed by atoms with Gasteiger partial charge in [-0.15, -0.1) is 0 Å². The molecule has 0 spiro atoms. The first kappa shape index (κ1) is 12.1. The molecule has 4 heteroatoms. The first-order valence-electron chi connectivity index (χ1n) is 5.58. The van der Waals surface area contributed by atoms with Crippen molar-refractivity contribution in [2.75, 3.05) is 12.4 Å². The summed E-state index contributed by atoms with van der Waals surface area (Å²) in [5.41, 5.74) is 2.04. The third kappa shape index (κ3) is 2.66. The number of aromatic nitrogens is 1. The van der Waals surface area contributed by atoms with Crippen LogP contribution in [0, 0.1) is 6.92 Å². The van der Waals surface area contributed by atoms with E-state index in [1.54, 1.807) is 37.6 Å². The number of nitrogens with zero attached hydrogens (tertiary/aromatic N) is 1. The zero-order valence-corrected chi connectivity index (χ0v) is 10.3. The number of para-hydroxylation sites is 2. The van der Waals surface area contributed by atoms with E-state index in [0.29, 0.717) is 17.0 Å². The Hall–Kier alpha value is -2.36. The van der Waals surface area contributed by atoms with Crippen LogP contribution >= 0.6 is 0 Å². The van der Waals surface area contributed by atoms with Gasteiger partial charge in [0.25, 0.3) is 5.91 Å². The van der Waals surface area contributed by atoms with Crippen LogP contribution in [0.15, 0.2) is 42.6 Å². The Morgan fingerprint density at radius 3 is 2.78 bits per heavy atom. The molecule has 92 valence electrons. The van der Waals surface area contributed by atoms with Crippen LogP contribution in [0.25, 0.3) is 0 Å². The second-order valence-electron chi connectivity index (χ2n) is 3.84. The lowest BCUT2D eigenvalue weighted by atomic mass is 10.2. The third-order valence-corrected chi connectivity index (χ3v) is 2.51. The Morgan fingerprint density at radius 1 is 1.28 bits per heavy atom. The van der Waals surface area contributed by atoms with Crippen molar-refractivity contribution in [2.45, 2.75) is 6.92 Å². The number of carbonyl (C=O) groups is 1. The lowest BCUT2D eigenvalue weighted by Crippen LogP contribution is -2.12. The molecule has 0 bridgehead atoms. The maximum Gasteiger partial charge on any atom is 0.255 e. The summed E-state index contributed by atoms with van der Waals surface area (Å²) in [5.74, 6) is 0.460. The minimum Gasteiger partial charge on any atom is -0.495 e. The van der Waals surface area contributed by atoms with E-state index < -0.39 is 0 Å². The van der Waals surface area contributed by atoms with Gasteiger partial charge in [-0.25, -0.2) is 0 Å². The third-order valence-electron chi connectivity index (χ3n) is 2.51. The van der Waals surface area contributed by atoms with Crippen LogP contribution in [0.1, 0.15) is 16.1 Å². The summed E-state index contributed by atoms with van der Waals surface area (Å²) in [4.78, 5) is 16.1. The molecule has 0 aliphatic heterocycles. The maximum absolute atomic E-state index is 12.0. The molecule has 18 heavy (non-hydrogen) atoms. The van der Waals surface area contributed by atoms with Crippen molar-refractivity contribution in [1.29, 1.82) is 0 Å². The van der Waals surface area contributed by atoms with Crippen molar-refractivity contribution in [3.8, 4) is 5.75 Å². The fourth-order valence-electron chi connectivity index (χ4n) is 1.63. The Morgan fingerprint density at radius 2 is 2.06 bits per heavy atom. The number of pyridine rings is 1. The van der Waals surface area contributed by atoms with E-state index in [2.05, 4.69) is 10.3 Å². The minimum atomic E-state index is -0.176. The summed E-state index contributed by atoms with van der Waals surface area (Å²) in [5, 5.41) is 2.81. The van der Waals surface area contributed by atoms with Gasteiger partial charge >= 0.3 is 0 Å². The van der Waals surface area contributed by atoms with Crippen LogP contribution in [0.2, 0.25) is 0 Å². The molecule has 2 aromatic rings. The van der Waals surface area contributed by atoms with Gasteiger partial charge in [0, 0.05) is 17.5 Å². The number of hydrogen-bond donors (Lipinski definition) is 1. The SMILES string of the molecule is COc1ccccc1NC(=O)c1ccnc(C)c1. The topological polar surface area (TPSA) is 51.2 Å². The molecule has 1 aromatic heterocycles. The molecule has 1 aromatic carbocycles. The van der Waals surface area contributed by atoms with Crippen LogP contribution in [0.3, 0.4) is 0 Å². The van der Waals surface area contributed by atoms with Gasteiger partial charge in [-0.2, -0.15) is 0 Å². The molecule has 4 nitrogen and oxygen atoms in total. The number of methoxy groups -OCH3 is 1. The van der Waals surface area contributed by atoms with Gasteiger partial charge < -0.3 is 10.1 Å². The molecule has 0 saturated heterocycles. The van der Waals surface area contributed by atoms with Gasteiger partial charge in [0.2, 0.25) is 0 Å². The van der Waals surface area contributed by atoms with Gasteiger partial charge in [0.1, 0.15) is 5.75 Å². The van der Waals surface area contributed by atoms with Gasteiger partial charge in [0.05, 0.1) is 12.8 Å². The van der Waals surface area contributed by atoms with E-state index in [0.717, 1.165) is 5.69 Å². The quantitative estimate of drug-likeness (QED) is 0.900. The zero-order chi connectivity index (χ0) is 13.0. The fraction of sp³-hybridized carbons (Fsp3) is 0.143. The van der Waals surface area contributed by atoms with E-state index in [4.69, 9.17) is 4.74 Å². The highest BCUT2D eigenvalue weighted by Gasteiger charge is 2.09. The van der Waals surface area contributed by atoms with Crippen LogP contribution in [-0.4, -0.2) is 18.0 Å². The maximum atomic E-state index is 12.0. The Bertz CT molecular complexity index is 567. The zero-order valence-electron chi connectivity index (χ0n) is 10.3. The largest absolute Gasteiger partial charge is 0.495 e. The van der Waals surface area contributed by atoms with Crippen LogP contribution in [0.4, 0.5) is 5.69 Å². The van der Waals surface area contributed by atoms with E-state index in [9.17, 15) is 4.79 Å². The summed E-state index contributed by atoms with van der Waals surface area (Å²) in [6.07, 6.45) is 1.62. The molecule has 0 saturated carbocycles. The number of amides is 1. The van der Waals surface area contributed by atoms with Crippen molar-refractivity contribution in [2.24, 2.45) is 0 Å². The lowest BCUT2D eigenvalue weighted by Gasteiger charge is -2.09. The Kier molecular flexibility index (Phi) is 3.57. The molecule has 0 aliphatic rings. The molecule has 1 heterocycles. The first-order valence-corrected chi connectivity index (χ1v) is 5.58. The van der Waals surface area contributed by atoms with Crippen molar-refractivity contribution in [1.82, 2.24) is 4.98 Å². The smallest absolute Gasteiger partial charge is 0.255 e. The highest BCUT2D eigenvalue weighted by Crippen LogP contribution is 2.23. The molecule has 0 radical (unpaired) electrons. The number of anilines is 1. The molecule has 0 unspecified atom stereocenters. The Balaban J connectivity index is 2.21. The van der Waals surface area contributed by atoms with Crippen molar-refractivity contribution >= 4 is 11.6 Å². The summed E-state index contributed by atoms with van der Waals surface area (Å²) >= 11 is 0. The monoisotopic (exact) mass is 242 g/mol. The number of aryl methyl sites for hydroxylation is 1. The number of hydrogen-bond acceptors (Lipinski definition) is 3. The first-order chi connectivity index (χ1) is 8.70. The summed E-state index contributed by atoms with van der Waals surface area (Å²) < 4.78 is 5.18. The Labute approximate surface area is 106 Å². The van der Waals surface area contributed by atoms with Crippen molar-refractivity contribution in [3.63, 3.8) is 0 Å². The summed E-state index contributed by atoms with van der Waals surface area (Å²) in [7, 11) is 1.57. The van der Waals surface area contributed by atoms with Crippen LogP contribution in [0.5, 0.6) is 5.75 Å². The van der Waals surface area contributed by atoms with E-state index in [1.165, 1.54) is 0 Å². The van der Waals surface area contributed by atoms with Crippen LogP contribution in [-0.2, 0) is 0 Å². The molecule has 1 amide bonds. The molecule has 2 rings (SSSR count). The lowest BCUT2D eigenvalue weighted by molar-refractivity contribution is 0.102. The molecule has 0 fully saturated rings. The van der Waals surface area contributed by atoms with Gasteiger partial charge in [-0.05, 0) is 31.2 Å². The summed E-state index contributed by atoms with van der Waals surface area (Å²) in [6.45, 7) is 1.85. The second-order valence-corrected chi connectivity index (χ2v) is 3.84. The van der Waals surface area contributed by atoms with E-state index >= 15 is 0 Å². The normalized spacial score (nSPS) is 9.89. The molecular formula is C14H14N2O2. The average Bonchev–Trinajstić information content (AvgIpc) is 2.39. The molecular weight excluding hydrogens is 228 g/mol. The van der Waals surface area contributed by atoms with E-state index in [-0.39, 0.29) is 5.91 Å². The number of ether oxygens (including phenoxy) is 1. The molecule has 1 N–H and O–H groups in total. The average molecular weight is 242 g/mol. The number of benzene rings is 1. The van der Waals surface area contributed by atoms with Gasteiger partial charge in [-0.1, -0.05) is 12.1 Å². The number of nitrogens with one attached hydrogen (secondary N) is 1. The minimum absolute atomic E-state index is 0.176. The number of carbonyl (C=O) groups excluding carboxylic acids is 1. The second kappa shape index (κ2) is 5.31. The number of rotatable bonds is 3. The van der Waals surface area contributed by atoms with Crippen LogP contribution < -0.4 is 10.1 Å². The standard InChI is InChI=1S/C14H14N2O2/c1-10-9-11(7-8-15-10)14(17)16-12-5-3-4-6-13(12)18-2/h3-9H,1-2H3,(H,16,17). The van der Waals surface area contributed by atoms with Crippen molar-refractivity contribution < 1.29 is 9.53 Å². The highest BCUT2D eigenvalue weighted by atomic mass is 16.5. The predicted octanol–water partition coefficient (Wildman–Crippen LogP) is 2.65. The fourth-order valence-corrected chi connectivity index (χ4v) is 1.63. The summed E-state index contributed by atoms with van der Waals surface area (Å²) in [6, 6.07) is 10.7. The van der Waals surface area contributed by atoms with Gasteiger partial charge in [-0.3, -0.25) is 9.78 Å². The predicted molar refractivity (Wildman–Crippen MR) is 69.9 cm³/mol. The van der Waals surface area contributed by atoms with Crippen molar-refractivity contribution in [3.05, 3.63) is 53.9 Å². The van der Waals surface area contributed by atoms with E-state index in [1.807, 2.05) is 19.1 Å². The highest BCUT2D eigenvalue weighted by molar-refractivity contribution is 6.05. The van der Waals surface area contributed by atoms with Gasteiger partial charge in [0.15, 0.2) is 0 Å².